The van der Waals surface area contributed by atoms with E-state index in [1.807, 2.05) is 30.3 Å². The first kappa shape index (κ1) is 10.6. The van der Waals surface area contributed by atoms with Gasteiger partial charge >= 0.3 is 0 Å². The number of halogens is 1. The Balaban J connectivity index is 1.65. The Morgan fingerprint density at radius 2 is 2.28 bits per heavy atom. The molecule has 0 unspecified atom stereocenters. The van der Waals surface area contributed by atoms with E-state index in [0.29, 0.717) is 11.1 Å². The van der Waals surface area contributed by atoms with E-state index in [4.69, 9.17) is 16.1 Å². The number of fused-ring (bicyclic) bond motifs is 1. The Bertz CT molecular complexity index is 595. The molecule has 1 aromatic carbocycles. The lowest BCUT2D eigenvalue weighted by Crippen LogP contribution is -2.18. The molecular weight excluding hydrogens is 248 g/mol. The highest BCUT2D eigenvalue weighted by Crippen LogP contribution is 2.51. The number of aromatic nitrogens is 1. The minimum atomic E-state index is 0.381. The van der Waals surface area contributed by atoms with Crippen molar-refractivity contribution >= 4 is 11.6 Å². The van der Waals surface area contributed by atoms with E-state index in [1.54, 1.807) is 0 Å². The molecule has 3 nitrogen and oxygen atoms in total. The van der Waals surface area contributed by atoms with Crippen molar-refractivity contribution in [1.29, 1.82) is 0 Å². The summed E-state index contributed by atoms with van der Waals surface area (Å²) in [6, 6.07) is 10.1. The molecule has 1 saturated carbocycles. The van der Waals surface area contributed by atoms with E-state index in [2.05, 4.69) is 10.5 Å². The van der Waals surface area contributed by atoms with Gasteiger partial charge < -0.3 is 9.84 Å². The van der Waals surface area contributed by atoms with Gasteiger partial charge in [-0.05, 0) is 36.9 Å². The Morgan fingerprint density at radius 3 is 3.00 bits per heavy atom. The number of hydrogen-bond acceptors (Lipinski definition) is 3. The molecule has 0 amide bonds. The van der Waals surface area contributed by atoms with Crippen molar-refractivity contribution in [2.45, 2.75) is 12.5 Å². The molecule has 1 aliphatic carbocycles. The Morgan fingerprint density at radius 1 is 1.33 bits per heavy atom. The third kappa shape index (κ3) is 1.66. The zero-order valence-corrected chi connectivity index (χ0v) is 10.5. The monoisotopic (exact) mass is 260 g/mol. The summed E-state index contributed by atoms with van der Waals surface area (Å²) in [5.41, 5.74) is 2.00. The van der Waals surface area contributed by atoms with Crippen LogP contribution in [0.1, 0.15) is 18.2 Å². The molecule has 4 heteroatoms. The van der Waals surface area contributed by atoms with Gasteiger partial charge in [-0.15, -0.1) is 0 Å². The predicted molar refractivity (Wildman–Crippen MR) is 69.3 cm³/mol. The largest absolute Gasteiger partial charge is 0.356 e. The smallest absolute Gasteiger partial charge is 0.167 e. The van der Waals surface area contributed by atoms with Crippen molar-refractivity contribution in [3.8, 4) is 11.3 Å². The normalized spacial score (nSPS) is 29.3. The number of benzene rings is 1. The summed E-state index contributed by atoms with van der Waals surface area (Å²) in [6.45, 7) is 1.12. The molecule has 92 valence electrons. The number of rotatable bonds is 2. The molecule has 2 heterocycles. The highest BCUT2D eigenvalue weighted by atomic mass is 35.5. The third-order valence-electron chi connectivity index (χ3n) is 3.96. The Kier molecular flexibility index (Phi) is 2.26. The second-order valence-corrected chi connectivity index (χ2v) is 5.61. The van der Waals surface area contributed by atoms with Crippen LogP contribution in [0.15, 0.2) is 34.9 Å². The maximum atomic E-state index is 5.98. The van der Waals surface area contributed by atoms with E-state index in [-0.39, 0.29) is 0 Å². The first-order valence-electron chi connectivity index (χ1n) is 6.27. The van der Waals surface area contributed by atoms with Crippen molar-refractivity contribution in [2.75, 3.05) is 6.54 Å². The van der Waals surface area contributed by atoms with Crippen LogP contribution in [-0.2, 0) is 0 Å². The summed E-state index contributed by atoms with van der Waals surface area (Å²) in [4.78, 5) is 0. The van der Waals surface area contributed by atoms with Gasteiger partial charge in [0.1, 0.15) is 5.69 Å². The summed E-state index contributed by atoms with van der Waals surface area (Å²) < 4.78 is 5.44. The van der Waals surface area contributed by atoms with Crippen LogP contribution in [0, 0.1) is 11.8 Å². The molecule has 0 spiro atoms. The minimum Gasteiger partial charge on any atom is -0.356 e. The maximum absolute atomic E-state index is 5.98. The lowest BCUT2D eigenvalue weighted by atomic mass is 10.1. The molecule has 0 bridgehead atoms. The summed E-state index contributed by atoms with van der Waals surface area (Å²) in [7, 11) is 0. The van der Waals surface area contributed by atoms with Crippen molar-refractivity contribution < 1.29 is 4.52 Å². The molecule has 1 N–H and O–H groups in total. The standard InChI is InChI=1S/C14H13ClN2O/c15-10-3-1-2-8(4-10)13-6-12(17-18-13)14-11-5-9(11)7-16-14/h1-4,6,9,11,14,16H,5,7H2/t9-,11-,14-/m1/s1. The molecule has 1 saturated heterocycles. The predicted octanol–water partition coefficient (Wildman–Crippen LogP) is 3.28. The second kappa shape index (κ2) is 3.84. The quantitative estimate of drug-likeness (QED) is 0.901. The molecule has 4 rings (SSSR count). The highest BCUT2D eigenvalue weighted by Gasteiger charge is 2.49. The van der Waals surface area contributed by atoms with Gasteiger partial charge in [-0.25, -0.2) is 0 Å². The van der Waals surface area contributed by atoms with Crippen molar-refractivity contribution in [3.05, 3.63) is 41.0 Å². The molecular formula is C14H13ClN2O. The molecule has 2 aromatic rings. The summed E-state index contributed by atoms with van der Waals surface area (Å²) >= 11 is 5.98. The van der Waals surface area contributed by atoms with Crippen LogP contribution in [0.25, 0.3) is 11.3 Å². The first-order valence-corrected chi connectivity index (χ1v) is 6.65. The van der Waals surface area contributed by atoms with Gasteiger partial charge in [-0.2, -0.15) is 0 Å². The van der Waals surface area contributed by atoms with Crippen molar-refractivity contribution in [3.63, 3.8) is 0 Å². The van der Waals surface area contributed by atoms with E-state index in [1.165, 1.54) is 6.42 Å². The lowest BCUT2D eigenvalue weighted by molar-refractivity contribution is 0.405. The van der Waals surface area contributed by atoms with Crippen LogP contribution in [0.2, 0.25) is 5.02 Å². The summed E-state index contributed by atoms with van der Waals surface area (Å²) in [5.74, 6) is 2.42. The van der Waals surface area contributed by atoms with Crippen LogP contribution in [0.5, 0.6) is 0 Å². The van der Waals surface area contributed by atoms with Crippen LogP contribution in [0.3, 0.4) is 0 Å². The SMILES string of the molecule is Clc1cccc(-c2cc([C@@H]3NC[C@H]4C[C@H]43)no2)c1. The van der Waals surface area contributed by atoms with Gasteiger partial charge in [0.2, 0.25) is 0 Å². The number of nitrogens with zero attached hydrogens (tertiary/aromatic N) is 1. The number of nitrogens with one attached hydrogen (secondary N) is 1. The Labute approximate surface area is 110 Å². The summed E-state index contributed by atoms with van der Waals surface area (Å²) in [6.07, 6.45) is 1.33. The van der Waals surface area contributed by atoms with E-state index >= 15 is 0 Å². The Hall–Kier alpha value is -1.32. The van der Waals surface area contributed by atoms with E-state index < -0.39 is 0 Å². The zero-order chi connectivity index (χ0) is 12.1. The van der Waals surface area contributed by atoms with E-state index in [9.17, 15) is 0 Å². The van der Waals surface area contributed by atoms with Crippen LogP contribution < -0.4 is 5.32 Å². The number of piperidine rings is 1. The molecule has 3 atom stereocenters. The van der Waals surface area contributed by atoms with Crippen LogP contribution in [-0.4, -0.2) is 11.7 Å². The first-order chi connectivity index (χ1) is 8.81. The fourth-order valence-electron chi connectivity index (χ4n) is 2.88. The van der Waals surface area contributed by atoms with Crippen molar-refractivity contribution in [2.24, 2.45) is 11.8 Å². The molecule has 1 aromatic heterocycles. The average Bonchev–Trinajstić information content (AvgIpc) is 2.83. The molecule has 2 aliphatic rings. The third-order valence-corrected chi connectivity index (χ3v) is 4.20. The minimum absolute atomic E-state index is 0.381. The zero-order valence-electron chi connectivity index (χ0n) is 9.77. The topological polar surface area (TPSA) is 38.1 Å². The number of hydrogen-bond donors (Lipinski definition) is 1. The fourth-order valence-corrected chi connectivity index (χ4v) is 3.07. The van der Waals surface area contributed by atoms with Gasteiger partial charge in [0.05, 0.1) is 6.04 Å². The maximum Gasteiger partial charge on any atom is 0.167 e. The van der Waals surface area contributed by atoms with Crippen LogP contribution >= 0.6 is 11.6 Å². The van der Waals surface area contributed by atoms with Gasteiger partial charge in [0, 0.05) is 16.7 Å². The molecule has 18 heavy (non-hydrogen) atoms. The average molecular weight is 261 g/mol. The fraction of sp³-hybridized carbons (Fsp3) is 0.357. The van der Waals surface area contributed by atoms with Gasteiger partial charge in [0.15, 0.2) is 5.76 Å². The van der Waals surface area contributed by atoms with Crippen molar-refractivity contribution in [1.82, 2.24) is 10.5 Å². The lowest BCUT2D eigenvalue weighted by Gasteiger charge is -2.07. The summed E-state index contributed by atoms with van der Waals surface area (Å²) in [5, 5.41) is 8.42. The van der Waals surface area contributed by atoms with Gasteiger partial charge in [0.25, 0.3) is 0 Å². The van der Waals surface area contributed by atoms with Gasteiger partial charge in [-0.3, -0.25) is 0 Å². The molecule has 1 aliphatic heterocycles. The second-order valence-electron chi connectivity index (χ2n) is 5.17. The molecule has 2 fully saturated rings. The van der Waals surface area contributed by atoms with E-state index in [0.717, 1.165) is 35.4 Å². The van der Waals surface area contributed by atoms with Crippen LogP contribution in [0.4, 0.5) is 0 Å². The van der Waals surface area contributed by atoms with Gasteiger partial charge in [-0.1, -0.05) is 28.9 Å². The molecule has 0 radical (unpaired) electrons. The highest BCUT2D eigenvalue weighted by molar-refractivity contribution is 6.30.